The van der Waals surface area contributed by atoms with Gasteiger partial charge >= 0.3 is 30.5 Å². The third-order valence-electron chi connectivity index (χ3n) is 1.43. The summed E-state index contributed by atoms with van der Waals surface area (Å²) < 4.78 is 120. The van der Waals surface area contributed by atoms with E-state index in [9.17, 15) is 48.7 Å². The molecular formula is C5HF10KNO2. The van der Waals surface area contributed by atoms with E-state index in [0.717, 1.165) is 0 Å². The molecule has 0 saturated carbocycles. The molecular weight excluding hydrogens is 335 g/mol. The average Bonchev–Trinajstić information content (AvgIpc) is 1.95. The van der Waals surface area contributed by atoms with Gasteiger partial charge in [-0.2, -0.15) is 43.9 Å². The topological polar surface area (TPSA) is 40.5 Å². The van der Waals surface area contributed by atoms with Gasteiger partial charge in [0.05, 0.1) is 0 Å². The fourth-order valence-corrected chi connectivity index (χ4v) is 0.731. The Bertz CT molecular complexity index is 322. The van der Waals surface area contributed by atoms with Crippen molar-refractivity contribution >= 4 is 57.4 Å². The quantitative estimate of drug-likeness (QED) is 0.488. The summed E-state index contributed by atoms with van der Waals surface area (Å²) in [5.74, 6) is -10.4. The Morgan fingerprint density at radius 1 is 0.789 bits per heavy atom. The van der Waals surface area contributed by atoms with E-state index < -0.39 is 35.4 Å². The summed E-state index contributed by atoms with van der Waals surface area (Å²) in [6.45, 7) is 0. The number of carbonyl (C=O) groups is 1. The van der Waals surface area contributed by atoms with Gasteiger partial charge in [-0.15, -0.1) is 0 Å². The zero-order valence-corrected chi connectivity index (χ0v) is 11.7. The first kappa shape index (κ1) is 21.7. The summed E-state index contributed by atoms with van der Waals surface area (Å²) in [7, 11) is 0. The van der Waals surface area contributed by atoms with Crippen molar-refractivity contribution < 1.29 is 53.8 Å². The monoisotopic (exact) mass is 336 g/mol. The molecule has 0 aliphatic rings. The summed E-state index contributed by atoms with van der Waals surface area (Å²) in [6.07, 6.45) is -13.9. The molecule has 0 aromatic rings. The van der Waals surface area contributed by atoms with E-state index in [2.05, 4.69) is 0 Å². The molecule has 0 heterocycles. The molecule has 0 bridgehead atoms. The molecule has 1 radical (unpaired) electrons. The standard InChI is InChI=1S/C5HF10NO2.K/c6-2(7,1(17)18)3(8,9)16(4(10,11)12)5(13,14)15;/h(H,17,18);. The fourth-order valence-electron chi connectivity index (χ4n) is 0.731. The molecule has 0 spiro atoms. The van der Waals surface area contributed by atoms with Gasteiger partial charge in [-0.1, -0.05) is 4.90 Å². The molecule has 0 aliphatic heterocycles. The van der Waals surface area contributed by atoms with Crippen molar-refractivity contribution in [3.63, 3.8) is 0 Å². The second-order valence-electron chi connectivity index (χ2n) is 2.69. The van der Waals surface area contributed by atoms with Gasteiger partial charge in [0.15, 0.2) is 0 Å². The zero-order chi connectivity index (χ0) is 15.2. The number of hydrogen-bond acceptors (Lipinski definition) is 2. The molecule has 0 fully saturated rings. The van der Waals surface area contributed by atoms with E-state index in [0.29, 0.717) is 0 Å². The molecule has 0 unspecified atom stereocenters. The van der Waals surface area contributed by atoms with Crippen LogP contribution in [0.5, 0.6) is 0 Å². The number of halogens is 10. The number of aliphatic carboxylic acids is 1. The first-order chi connectivity index (χ1) is 7.56. The Kier molecular flexibility index (Phi) is 6.85. The van der Waals surface area contributed by atoms with Gasteiger partial charge in [-0.25, -0.2) is 4.79 Å². The van der Waals surface area contributed by atoms with Crippen molar-refractivity contribution in [2.45, 2.75) is 24.6 Å². The maximum absolute atomic E-state index is 12.5. The van der Waals surface area contributed by atoms with Crippen LogP contribution in [0, 0.1) is 0 Å². The predicted molar refractivity (Wildman–Crippen MR) is 37.2 cm³/mol. The van der Waals surface area contributed by atoms with Gasteiger partial charge in [0, 0.05) is 51.4 Å². The van der Waals surface area contributed by atoms with E-state index in [-0.39, 0.29) is 51.4 Å². The molecule has 14 heteroatoms. The van der Waals surface area contributed by atoms with Gasteiger partial charge < -0.3 is 5.11 Å². The zero-order valence-electron chi connectivity index (χ0n) is 8.58. The molecule has 0 saturated heterocycles. The molecule has 0 aliphatic carbocycles. The van der Waals surface area contributed by atoms with Crippen LogP contribution in [0.3, 0.4) is 0 Å². The summed E-state index contributed by atoms with van der Waals surface area (Å²) in [5, 5.41) is 7.57. The minimum absolute atomic E-state index is 0. The molecule has 19 heavy (non-hydrogen) atoms. The van der Waals surface area contributed by atoms with Crippen LogP contribution in [0.15, 0.2) is 0 Å². The smallest absolute Gasteiger partial charge is 0.472 e. The van der Waals surface area contributed by atoms with Gasteiger partial charge in [0.2, 0.25) is 0 Å². The Labute approximate surface area is 139 Å². The van der Waals surface area contributed by atoms with Crippen LogP contribution in [-0.4, -0.2) is 91.9 Å². The number of hydrogen-bond donors (Lipinski definition) is 1. The third kappa shape index (κ3) is 4.42. The molecule has 0 aromatic heterocycles. The van der Waals surface area contributed by atoms with Gasteiger partial charge in [-0.3, -0.25) is 0 Å². The van der Waals surface area contributed by atoms with Crippen molar-refractivity contribution in [2.24, 2.45) is 0 Å². The van der Waals surface area contributed by atoms with E-state index in [1.165, 1.54) is 0 Å². The van der Waals surface area contributed by atoms with Gasteiger partial charge in [0.25, 0.3) is 0 Å². The average molecular weight is 336 g/mol. The first-order valence-corrected chi connectivity index (χ1v) is 3.49. The maximum Gasteiger partial charge on any atom is 0.472 e. The molecule has 109 valence electrons. The van der Waals surface area contributed by atoms with Crippen LogP contribution >= 0.6 is 0 Å². The number of nitrogens with zero attached hydrogens (tertiary/aromatic N) is 1. The summed E-state index contributed by atoms with van der Waals surface area (Å²) in [4.78, 5) is 5.86. The maximum atomic E-state index is 12.5. The van der Waals surface area contributed by atoms with E-state index >= 15 is 0 Å². The molecule has 1 N–H and O–H groups in total. The number of alkyl halides is 10. The Morgan fingerprint density at radius 2 is 1.05 bits per heavy atom. The van der Waals surface area contributed by atoms with Crippen LogP contribution in [0.2, 0.25) is 0 Å². The van der Waals surface area contributed by atoms with Crippen LogP contribution < -0.4 is 0 Å². The first-order valence-electron chi connectivity index (χ1n) is 3.49. The number of rotatable bonds is 3. The molecule has 0 amide bonds. The second kappa shape index (κ2) is 6.01. The predicted octanol–water partition coefficient (Wildman–Crippen LogP) is 2.26. The van der Waals surface area contributed by atoms with Gasteiger partial charge in [0.1, 0.15) is 0 Å². The SMILES string of the molecule is O=C(O)C(F)(F)C(F)(F)N(C(F)(F)F)C(F)(F)F.[K]. The number of carboxylic acids is 1. The van der Waals surface area contributed by atoms with E-state index in [1.54, 1.807) is 0 Å². The van der Waals surface area contributed by atoms with Gasteiger partial charge in [-0.05, 0) is 0 Å². The van der Waals surface area contributed by atoms with Crippen LogP contribution in [0.1, 0.15) is 0 Å². The summed E-state index contributed by atoms with van der Waals surface area (Å²) in [5.41, 5.74) is 0. The number of carboxylic acid groups (broad SMARTS) is 1. The van der Waals surface area contributed by atoms with E-state index in [1.807, 2.05) is 0 Å². The van der Waals surface area contributed by atoms with Crippen molar-refractivity contribution in [3.05, 3.63) is 0 Å². The Balaban J connectivity index is 0. The fraction of sp³-hybridized carbons (Fsp3) is 0.800. The van der Waals surface area contributed by atoms with Crippen molar-refractivity contribution in [1.82, 2.24) is 4.90 Å². The summed E-state index contributed by atoms with van der Waals surface area (Å²) >= 11 is 0. The molecule has 0 rings (SSSR count). The minimum atomic E-state index is -7.05. The summed E-state index contributed by atoms with van der Waals surface area (Å²) in [6, 6.07) is -7.05. The van der Waals surface area contributed by atoms with Crippen LogP contribution in [0.25, 0.3) is 0 Å². The third-order valence-corrected chi connectivity index (χ3v) is 1.43. The van der Waals surface area contributed by atoms with Crippen LogP contribution in [-0.2, 0) is 4.79 Å². The largest absolute Gasteiger partial charge is 0.477 e. The normalized spacial score (nSPS) is 14.3. The van der Waals surface area contributed by atoms with Crippen molar-refractivity contribution in [1.29, 1.82) is 0 Å². The van der Waals surface area contributed by atoms with E-state index in [4.69, 9.17) is 5.11 Å². The van der Waals surface area contributed by atoms with Crippen molar-refractivity contribution in [2.75, 3.05) is 0 Å². The minimum Gasteiger partial charge on any atom is -0.477 e. The van der Waals surface area contributed by atoms with Crippen molar-refractivity contribution in [3.8, 4) is 0 Å². The second-order valence-corrected chi connectivity index (χ2v) is 2.69. The molecule has 0 aromatic carbocycles. The molecule has 0 atom stereocenters. The Morgan fingerprint density at radius 3 is 1.21 bits per heavy atom. The van der Waals surface area contributed by atoms with Crippen LogP contribution in [0.4, 0.5) is 43.9 Å². The molecule has 3 nitrogen and oxygen atoms in total. The Hall–Kier alpha value is 0.366.